The van der Waals surface area contributed by atoms with Gasteiger partial charge in [0.25, 0.3) is 5.56 Å². The smallest absolute Gasteiger partial charge is 0.303 e. The zero-order valence-corrected chi connectivity index (χ0v) is 10.5. The quantitative estimate of drug-likeness (QED) is 0.914. The molecule has 1 heterocycles. The summed E-state index contributed by atoms with van der Waals surface area (Å²) < 4.78 is 1.65. The summed E-state index contributed by atoms with van der Waals surface area (Å²) in [6, 6.07) is 9.38. The minimum absolute atomic E-state index is 0.0326. The second-order valence-corrected chi connectivity index (χ2v) is 5.41. The van der Waals surface area contributed by atoms with Gasteiger partial charge >= 0.3 is 5.97 Å². The molecule has 1 aromatic carbocycles. The largest absolute Gasteiger partial charge is 0.481 e. The standard InChI is InChI=1S/C15H15NO3/c17-13(18)9-15(6-7-15)10-16-8-5-11-3-1-2-4-12(11)14(16)19/h1-5,8H,6-7,9-10H2,(H,17,18). The molecule has 1 aromatic heterocycles. The van der Waals surface area contributed by atoms with Gasteiger partial charge < -0.3 is 9.67 Å². The molecule has 0 spiro atoms. The van der Waals surface area contributed by atoms with Crippen molar-refractivity contribution >= 4 is 16.7 Å². The lowest BCUT2D eigenvalue weighted by molar-refractivity contribution is -0.138. The van der Waals surface area contributed by atoms with E-state index in [9.17, 15) is 9.59 Å². The molecule has 0 radical (unpaired) electrons. The molecule has 4 nitrogen and oxygen atoms in total. The Labute approximate surface area is 110 Å². The Morgan fingerprint density at radius 1 is 1.26 bits per heavy atom. The van der Waals surface area contributed by atoms with Crippen LogP contribution in [0.3, 0.4) is 0 Å². The highest BCUT2D eigenvalue weighted by Gasteiger charge is 2.44. The van der Waals surface area contributed by atoms with Gasteiger partial charge in [-0.2, -0.15) is 0 Å². The van der Waals surface area contributed by atoms with E-state index < -0.39 is 5.97 Å². The molecule has 4 heteroatoms. The lowest BCUT2D eigenvalue weighted by atomic mass is 10.0. The summed E-state index contributed by atoms with van der Waals surface area (Å²) >= 11 is 0. The van der Waals surface area contributed by atoms with Crippen molar-refractivity contribution in [2.45, 2.75) is 25.8 Å². The highest BCUT2D eigenvalue weighted by atomic mass is 16.4. The highest BCUT2D eigenvalue weighted by molar-refractivity contribution is 5.81. The number of rotatable bonds is 4. The zero-order valence-electron chi connectivity index (χ0n) is 10.5. The average molecular weight is 257 g/mol. The number of fused-ring (bicyclic) bond motifs is 1. The maximum absolute atomic E-state index is 12.3. The molecule has 3 rings (SSSR count). The SMILES string of the molecule is O=C(O)CC1(Cn2ccc3ccccc3c2=O)CC1. The first-order valence-electron chi connectivity index (χ1n) is 6.40. The van der Waals surface area contributed by atoms with Crippen LogP contribution in [0.4, 0.5) is 0 Å². The Balaban J connectivity index is 1.96. The van der Waals surface area contributed by atoms with Crippen LogP contribution in [0.25, 0.3) is 10.8 Å². The normalized spacial score (nSPS) is 16.4. The predicted octanol–water partition coefficient (Wildman–Crippen LogP) is 2.26. The van der Waals surface area contributed by atoms with Gasteiger partial charge in [-0.05, 0) is 35.8 Å². The third kappa shape index (κ3) is 2.26. The molecule has 98 valence electrons. The van der Waals surface area contributed by atoms with E-state index in [4.69, 9.17) is 5.11 Å². The van der Waals surface area contributed by atoms with Crippen molar-refractivity contribution in [3.8, 4) is 0 Å². The summed E-state index contributed by atoms with van der Waals surface area (Å²) in [5.41, 5.74) is -0.243. The van der Waals surface area contributed by atoms with Gasteiger partial charge in [0.05, 0.1) is 6.42 Å². The molecule has 1 saturated carbocycles. The number of benzene rings is 1. The van der Waals surface area contributed by atoms with Crippen LogP contribution in [0.2, 0.25) is 0 Å². The summed E-state index contributed by atoms with van der Waals surface area (Å²) in [5.74, 6) is -0.786. The van der Waals surface area contributed by atoms with Gasteiger partial charge in [0.1, 0.15) is 0 Å². The molecule has 19 heavy (non-hydrogen) atoms. The maximum atomic E-state index is 12.3. The number of carbonyl (C=O) groups is 1. The Morgan fingerprint density at radius 3 is 2.68 bits per heavy atom. The van der Waals surface area contributed by atoms with Gasteiger partial charge in [0.15, 0.2) is 0 Å². The van der Waals surface area contributed by atoms with E-state index in [0.717, 1.165) is 18.2 Å². The summed E-state index contributed by atoms with van der Waals surface area (Å²) in [7, 11) is 0. The molecule has 1 fully saturated rings. The summed E-state index contributed by atoms with van der Waals surface area (Å²) in [5, 5.41) is 10.5. The van der Waals surface area contributed by atoms with Crippen LogP contribution < -0.4 is 5.56 Å². The molecule has 0 aliphatic heterocycles. The van der Waals surface area contributed by atoms with Crippen molar-refractivity contribution < 1.29 is 9.90 Å². The number of hydrogen-bond donors (Lipinski definition) is 1. The van der Waals surface area contributed by atoms with Crippen molar-refractivity contribution in [1.29, 1.82) is 0 Å². The molecule has 0 saturated heterocycles. The fourth-order valence-electron chi connectivity index (χ4n) is 2.60. The van der Waals surface area contributed by atoms with E-state index in [2.05, 4.69) is 0 Å². The third-order valence-electron chi connectivity index (χ3n) is 3.88. The monoisotopic (exact) mass is 257 g/mol. The molecule has 0 unspecified atom stereocenters. The van der Waals surface area contributed by atoms with E-state index in [0.29, 0.717) is 11.9 Å². The van der Waals surface area contributed by atoms with Crippen LogP contribution in [0.5, 0.6) is 0 Å². The summed E-state index contributed by atoms with van der Waals surface area (Å²) in [6.07, 6.45) is 3.69. The molecule has 1 aliphatic carbocycles. The summed E-state index contributed by atoms with van der Waals surface area (Å²) in [6.45, 7) is 0.503. The Bertz CT molecular complexity index is 698. The average Bonchev–Trinajstić information content (AvgIpc) is 3.12. The number of nitrogens with zero attached hydrogens (tertiary/aromatic N) is 1. The summed E-state index contributed by atoms with van der Waals surface area (Å²) in [4.78, 5) is 23.2. The van der Waals surface area contributed by atoms with Gasteiger partial charge in [-0.3, -0.25) is 9.59 Å². The van der Waals surface area contributed by atoms with Crippen molar-refractivity contribution in [2.75, 3.05) is 0 Å². The number of carboxylic acids is 1. The predicted molar refractivity (Wildman–Crippen MR) is 72.1 cm³/mol. The van der Waals surface area contributed by atoms with Crippen LogP contribution in [-0.2, 0) is 11.3 Å². The molecular formula is C15H15NO3. The topological polar surface area (TPSA) is 59.3 Å². The molecule has 1 aliphatic rings. The van der Waals surface area contributed by atoms with Gasteiger partial charge in [0.2, 0.25) is 0 Å². The van der Waals surface area contributed by atoms with Crippen LogP contribution in [0.1, 0.15) is 19.3 Å². The zero-order chi connectivity index (χ0) is 13.5. The Hall–Kier alpha value is -2.10. The van der Waals surface area contributed by atoms with Crippen LogP contribution in [-0.4, -0.2) is 15.6 Å². The Morgan fingerprint density at radius 2 is 2.00 bits per heavy atom. The van der Waals surface area contributed by atoms with Gasteiger partial charge in [0, 0.05) is 18.1 Å². The van der Waals surface area contributed by atoms with E-state index in [1.807, 2.05) is 30.3 Å². The van der Waals surface area contributed by atoms with Crippen LogP contribution in [0, 0.1) is 5.41 Å². The first kappa shape index (κ1) is 12.0. The number of aliphatic carboxylic acids is 1. The van der Waals surface area contributed by atoms with Gasteiger partial charge in [-0.15, -0.1) is 0 Å². The second-order valence-electron chi connectivity index (χ2n) is 5.41. The molecule has 0 bridgehead atoms. The van der Waals surface area contributed by atoms with E-state index in [-0.39, 0.29) is 17.4 Å². The van der Waals surface area contributed by atoms with E-state index >= 15 is 0 Å². The lowest BCUT2D eigenvalue weighted by Crippen LogP contribution is -2.25. The lowest BCUT2D eigenvalue weighted by Gasteiger charge is -2.15. The van der Waals surface area contributed by atoms with Crippen LogP contribution in [0.15, 0.2) is 41.3 Å². The van der Waals surface area contributed by atoms with Crippen molar-refractivity contribution in [3.05, 3.63) is 46.9 Å². The molecule has 0 atom stereocenters. The fraction of sp³-hybridized carbons (Fsp3) is 0.333. The van der Waals surface area contributed by atoms with Crippen LogP contribution >= 0.6 is 0 Å². The first-order valence-corrected chi connectivity index (χ1v) is 6.40. The molecule has 1 N–H and O–H groups in total. The fourth-order valence-corrected chi connectivity index (χ4v) is 2.60. The van der Waals surface area contributed by atoms with Gasteiger partial charge in [-0.1, -0.05) is 18.2 Å². The molecule has 0 amide bonds. The number of aromatic nitrogens is 1. The van der Waals surface area contributed by atoms with Crippen molar-refractivity contribution in [1.82, 2.24) is 4.57 Å². The first-order chi connectivity index (χ1) is 9.10. The number of pyridine rings is 1. The second kappa shape index (κ2) is 4.23. The maximum Gasteiger partial charge on any atom is 0.303 e. The highest BCUT2D eigenvalue weighted by Crippen LogP contribution is 2.50. The number of carboxylic acid groups (broad SMARTS) is 1. The Kier molecular flexibility index (Phi) is 2.66. The van der Waals surface area contributed by atoms with Gasteiger partial charge in [-0.25, -0.2) is 0 Å². The van der Waals surface area contributed by atoms with Crippen molar-refractivity contribution in [3.63, 3.8) is 0 Å². The molecule has 2 aromatic rings. The minimum Gasteiger partial charge on any atom is -0.481 e. The minimum atomic E-state index is -0.786. The van der Waals surface area contributed by atoms with E-state index in [1.165, 1.54) is 0 Å². The van der Waals surface area contributed by atoms with E-state index in [1.54, 1.807) is 10.8 Å². The third-order valence-corrected chi connectivity index (χ3v) is 3.88. The van der Waals surface area contributed by atoms with Crippen molar-refractivity contribution in [2.24, 2.45) is 5.41 Å². The molecular weight excluding hydrogens is 242 g/mol. The number of hydrogen-bond acceptors (Lipinski definition) is 2.